The van der Waals surface area contributed by atoms with Gasteiger partial charge in [0.2, 0.25) is 5.91 Å². The highest BCUT2D eigenvalue weighted by Crippen LogP contribution is 2.44. The van der Waals surface area contributed by atoms with Crippen LogP contribution in [0.2, 0.25) is 0 Å². The maximum absolute atomic E-state index is 13.2. The van der Waals surface area contributed by atoms with Crippen molar-refractivity contribution in [1.29, 1.82) is 0 Å². The zero-order valence-corrected chi connectivity index (χ0v) is 20.0. The molecule has 3 atom stereocenters. The number of carbonyl (C=O) groups excluding carboxylic acids is 2. The largest absolute Gasteiger partial charge is 0.481 e. The first-order valence-corrected chi connectivity index (χ1v) is 11.9. The van der Waals surface area contributed by atoms with Crippen LogP contribution in [0.3, 0.4) is 0 Å². The number of benzene rings is 2. The van der Waals surface area contributed by atoms with E-state index in [2.05, 4.69) is 29.3 Å². The average molecular weight is 475 g/mol. The third kappa shape index (κ3) is 5.32. The number of ether oxygens (including phenoxy) is 1. The van der Waals surface area contributed by atoms with Gasteiger partial charge in [-0.3, -0.25) is 9.59 Å². The second-order valence-electron chi connectivity index (χ2n) is 9.27. The Kier molecular flexibility index (Phi) is 7.40. The van der Waals surface area contributed by atoms with Gasteiger partial charge in [0.15, 0.2) is 0 Å². The third-order valence-electron chi connectivity index (χ3n) is 6.74. The molecule has 182 valence electrons. The standard InChI is InChI=1S/C28H30N2O5/c1-3-4-13-25(26(31)30-15-18(2)14-19(16-30)27(32)33)29-28(34)35-17-24-22-11-7-5-9-20(22)21-10-6-8-12-23(21)24/h5-12,18-19,24-25H,13-17H2,1-2H3,(H,29,34)(H,32,33). The lowest BCUT2D eigenvalue weighted by atomic mass is 9.90. The molecule has 0 aromatic heterocycles. The summed E-state index contributed by atoms with van der Waals surface area (Å²) in [6.07, 6.45) is -0.0384. The van der Waals surface area contributed by atoms with Gasteiger partial charge in [0.05, 0.1) is 5.92 Å². The first-order valence-electron chi connectivity index (χ1n) is 11.9. The fourth-order valence-corrected chi connectivity index (χ4v) is 5.12. The molecule has 1 aliphatic carbocycles. The molecule has 7 nitrogen and oxygen atoms in total. The number of carboxylic acids is 1. The summed E-state index contributed by atoms with van der Waals surface area (Å²) >= 11 is 0. The van der Waals surface area contributed by atoms with Crippen LogP contribution in [0.25, 0.3) is 11.1 Å². The molecule has 1 aliphatic heterocycles. The lowest BCUT2D eigenvalue weighted by Crippen LogP contribution is -2.53. The molecule has 2 aromatic carbocycles. The van der Waals surface area contributed by atoms with Gasteiger partial charge in [0, 0.05) is 25.4 Å². The Hall–Kier alpha value is -3.79. The Bertz CT molecular complexity index is 1140. The van der Waals surface area contributed by atoms with Gasteiger partial charge in [0.1, 0.15) is 12.6 Å². The van der Waals surface area contributed by atoms with Crippen LogP contribution in [0.1, 0.15) is 43.7 Å². The minimum absolute atomic E-state index is 0.0566. The number of carboxylic acid groups (broad SMARTS) is 1. The predicted octanol–water partition coefficient (Wildman–Crippen LogP) is 3.88. The number of aliphatic carboxylic acids is 1. The number of carbonyl (C=O) groups is 3. The van der Waals surface area contributed by atoms with Gasteiger partial charge in [-0.15, -0.1) is 11.8 Å². The van der Waals surface area contributed by atoms with Crippen molar-refractivity contribution in [3.8, 4) is 23.0 Å². The normalized spacial score (nSPS) is 19.5. The Labute approximate surface area is 205 Å². The molecule has 35 heavy (non-hydrogen) atoms. The van der Waals surface area contributed by atoms with Crippen LogP contribution in [0.15, 0.2) is 48.5 Å². The van der Waals surface area contributed by atoms with E-state index in [0.717, 1.165) is 22.3 Å². The molecule has 3 unspecified atom stereocenters. The number of hydrogen-bond acceptors (Lipinski definition) is 4. The van der Waals surface area contributed by atoms with Gasteiger partial charge >= 0.3 is 12.1 Å². The van der Waals surface area contributed by atoms with Gasteiger partial charge in [-0.25, -0.2) is 4.79 Å². The lowest BCUT2D eigenvalue weighted by molar-refractivity contribution is -0.147. The number of nitrogens with one attached hydrogen (secondary N) is 1. The number of amides is 2. The molecule has 4 rings (SSSR count). The maximum atomic E-state index is 13.2. The van der Waals surface area contributed by atoms with E-state index in [-0.39, 0.29) is 37.3 Å². The molecule has 2 N–H and O–H groups in total. The second kappa shape index (κ2) is 10.6. The van der Waals surface area contributed by atoms with E-state index in [1.165, 1.54) is 4.90 Å². The molecular weight excluding hydrogens is 444 g/mol. The molecular formula is C28H30N2O5. The van der Waals surface area contributed by atoms with Crippen LogP contribution < -0.4 is 5.32 Å². The highest BCUT2D eigenvalue weighted by molar-refractivity contribution is 5.87. The summed E-state index contributed by atoms with van der Waals surface area (Å²) in [6, 6.07) is 15.2. The monoisotopic (exact) mass is 474 g/mol. The van der Waals surface area contributed by atoms with Crippen molar-refractivity contribution in [3.63, 3.8) is 0 Å². The van der Waals surface area contributed by atoms with E-state index in [0.29, 0.717) is 13.0 Å². The fourth-order valence-electron chi connectivity index (χ4n) is 5.12. The molecule has 2 amide bonds. The fraction of sp³-hybridized carbons (Fsp3) is 0.393. The summed E-state index contributed by atoms with van der Waals surface area (Å²) in [6.45, 7) is 4.31. The van der Waals surface area contributed by atoms with Crippen molar-refractivity contribution in [2.45, 2.75) is 38.6 Å². The second-order valence-corrected chi connectivity index (χ2v) is 9.27. The summed E-state index contributed by atoms with van der Waals surface area (Å²) in [5, 5.41) is 12.1. The van der Waals surface area contributed by atoms with E-state index in [1.54, 1.807) is 6.92 Å². The van der Waals surface area contributed by atoms with Crippen molar-refractivity contribution in [3.05, 3.63) is 59.7 Å². The Morgan fingerprint density at radius 3 is 2.31 bits per heavy atom. The topological polar surface area (TPSA) is 95.9 Å². The molecule has 0 saturated carbocycles. The van der Waals surface area contributed by atoms with Crippen molar-refractivity contribution < 1.29 is 24.2 Å². The molecule has 2 aromatic rings. The van der Waals surface area contributed by atoms with E-state index in [1.807, 2.05) is 43.3 Å². The Morgan fingerprint density at radius 2 is 1.71 bits per heavy atom. The summed E-state index contributed by atoms with van der Waals surface area (Å²) < 4.78 is 5.61. The summed E-state index contributed by atoms with van der Waals surface area (Å²) in [5.74, 6) is 3.72. The van der Waals surface area contributed by atoms with Gasteiger partial charge in [0.25, 0.3) is 0 Å². The van der Waals surface area contributed by atoms with Crippen LogP contribution in [0, 0.1) is 23.7 Å². The predicted molar refractivity (Wildman–Crippen MR) is 132 cm³/mol. The maximum Gasteiger partial charge on any atom is 0.407 e. The van der Waals surface area contributed by atoms with Crippen molar-refractivity contribution >= 4 is 18.0 Å². The van der Waals surface area contributed by atoms with Gasteiger partial charge < -0.3 is 20.1 Å². The minimum Gasteiger partial charge on any atom is -0.481 e. The number of rotatable bonds is 6. The first-order chi connectivity index (χ1) is 16.9. The van der Waals surface area contributed by atoms with Crippen LogP contribution >= 0.6 is 0 Å². The molecule has 0 bridgehead atoms. The van der Waals surface area contributed by atoms with Crippen LogP contribution in [0.5, 0.6) is 0 Å². The van der Waals surface area contributed by atoms with Crippen molar-refractivity contribution in [2.75, 3.05) is 19.7 Å². The molecule has 1 fully saturated rings. The SMILES string of the molecule is CC#CCC(NC(=O)OCC1c2ccccc2-c2ccccc21)C(=O)N1CC(C)CC(C(=O)O)C1. The van der Waals surface area contributed by atoms with E-state index < -0.39 is 24.0 Å². The number of hydrogen-bond donors (Lipinski definition) is 2. The number of piperidine rings is 1. The minimum atomic E-state index is -0.913. The van der Waals surface area contributed by atoms with Crippen LogP contribution in [-0.4, -0.2) is 53.7 Å². The van der Waals surface area contributed by atoms with Crippen molar-refractivity contribution in [1.82, 2.24) is 10.2 Å². The summed E-state index contributed by atoms with van der Waals surface area (Å²) in [5.41, 5.74) is 4.48. The molecule has 7 heteroatoms. The molecule has 2 aliphatic rings. The van der Waals surface area contributed by atoms with Gasteiger partial charge in [-0.1, -0.05) is 55.5 Å². The molecule has 1 heterocycles. The number of likely N-dealkylation sites (tertiary alicyclic amines) is 1. The smallest absolute Gasteiger partial charge is 0.407 e. The molecule has 1 saturated heterocycles. The van der Waals surface area contributed by atoms with Crippen LogP contribution in [-0.2, 0) is 14.3 Å². The van der Waals surface area contributed by atoms with Crippen LogP contribution in [0.4, 0.5) is 4.79 Å². The lowest BCUT2D eigenvalue weighted by Gasteiger charge is -2.36. The van der Waals surface area contributed by atoms with E-state index >= 15 is 0 Å². The summed E-state index contributed by atoms with van der Waals surface area (Å²) in [4.78, 5) is 39.1. The average Bonchev–Trinajstić information content (AvgIpc) is 3.18. The molecule has 0 spiro atoms. The first kappa shape index (κ1) is 24.3. The third-order valence-corrected chi connectivity index (χ3v) is 6.74. The van der Waals surface area contributed by atoms with Crippen molar-refractivity contribution in [2.24, 2.45) is 11.8 Å². The zero-order valence-electron chi connectivity index (χ0n) is 20.0. The Balaban J connectivity index is 1.43. The van der Waals surface area contributed by atoms with E-state index in [9.17, 15) is 19.5 Å². The quantitative estimate of drug-likeness (QED) is 0.620. The highest BCUT2D eigenvalue weighted by Gasteiger charge is 2.35. The Morgan fingerprint density at radius 1 is 1.09 bits per heavy atom. The summed E-state index contributed by atoms with van der Waals surface area (Å²) in [7, 11) is 0. The van der Waals surface area contributed by atoms with E-state index in [4.69, 9.17) is 4.74 Å². The number of fused-ring (bicyclic) bond motifs is 3. The number of nitrogens with zero attached hydrogens (tertiary/aromatic N) is 1. The zero-order chi connectivity index (χ0) is 24.9. The molecule has 0 radical (unpaired) electrons. The number of alkyl carbamates (subject to hydrolysis) is 1. The van der Waals surface area contributed by atoms with Gasteiger partial charge in [-0.05, 0) is 41.5 Å². The highest BCUT2D eigenvalue weighted by atomic mass is 16.5. The van der Waals surface area contributed by atoms with Gasteiger partial charge in [-0.2, -0.15) is 0 Å².